The van der Waals surface area contributed by atoms with Gasteiger partial charge in [0.05, 0.1) is 10.4 Å². The van der Waals surface area contributed by atoms with Gasteiger partial charge in [-0.3, -0.25) is 14.8 Å². The first kappa shape index (κ1) is 25.1. The van der Waals surface area contributed by atoms with Gasteiger partial charge in [-0.05, 0) is 57.9 Å². The lowest BCUT2D eigenvalue weighted by molar-refractivity contribution is -0.153. The summed E-state index contributed by atoms with van der Waals surface area (Å²) in [6, 6.07) is 8.10. The largest absolute Gasteiger partial charge is 0.481 e. The van der Waals surface area contributed by atoms with Crippen LogP contribution in [0.2, 0.25) is 5.02 Å². The molecule has 3 aromatic rings. The summed E-state index contributed by atoms with van der Waals surface area (Å²) < 4.78 is 29.2. The van der Waals surface area contributed by atoms with E-state index >= 15 is 0 Å². The number of carboxylic acids is 1. The van der Waals surface area contributed by atoms with Gasteiger partial charge < -0.3 is 10.4 Å². The standard InChI is InChI=1S/C25H28ClF2N5O2/c1-14-9-18(29-23(21(14)27)30-20-10-15(2)31-32-20)12-25(24(34)35)7-8-33(16(3)11-25)13-17-5-4-6-19(26)22(17)28/h4-6,9-10,16H,7-8,11-13H2,1-3H3,(H,34,35)(H2,29,30,31,32). The Morgan fingerprint density at radius 3 is 2.74 bits per heavy atom. The van der Waals surface area contributed by atoms with E-state index in [-0.39, 0.29) is 23.3 Å². The van der Waals surface area contributed by atoms with Crippen LogP contribution in [0.15, 0.2) is 30.3 Å². The number of piperidine rings is 1. The van der Waals surface area contributed by atoms with Crippen molar-refractivity contribution in [1.29, 1.82) is 0 Å². The van der Waals surface area contributed by atoms with Crippen LogP contribution in [-0.2, 0) is 17.8 Å². The maximum atomic E-state index is 14.8. The summed E-state index contributed by atoms with van der Waals surface area (Å²) >= 11 is 5.92. The number of anilines is 2. The number of hydrogen-bond donors (Lipinski definition) is 3. The van der Waals surface area contributed by atoms with Crippen LogP contribution in [0.4, 0.5) is 20.4 Å². The monoisotopic (exact) mass is 503 g/mol. The number of benzene rings is 1. The molecule has 1 aliphatic heterocycles. The van der Waals surface area contributed by atoms with Crippen molar-refractivity contribution in [2.75, 3.05) is 11.9 Å². The molecule has 0 aliphatic carbocycles. The topological polar surface area (TPSA) is 94.1 Å². The minimum Gasteiger partial charge on any atom is -0.481 e. The van der Waals surface area contributed by atoms with Gasteiger partial charge in [0.1, 0.15) is 5.82 Å². The highest BCUT2D eigenvalue weighted by Gasteiger charge is 2.45. The van der Waals surface area contributed by atoms with E-state index in [1.54, 1.807) is 31.2 Å². The second-order valence-corrected chi connectivity index (χ2v) is 9.81. The fraction of sp³-hybridized carbons (Fsp3) is 0.400. The van der Waals surface area contributed by atoms with Crippen molar-refractivity contribution in [3.05, 3.63) is 69.5 Å². The Hall–Kier alpha value is -3.04. The Kier molecular flexibility index (Phi) is 7.10. The van der Waals surface area contributed by atoms with Gasteiger partial charge in [0.25, 0.3) is 0 Å². The Morgan fingerprint density at radius 2 is 2.09 bits per heavy atom. The second-order valence-electron chi connectivity index (χ2n) is 9.40. The highest BCUT2D eigenvalue weighted by Crippen LogP contribution is 2.39. The van der Waals surface area contributed by atoms with E-state index < -0.39 is 23.0 Å². The van der Waals surface area contributed by atoms with Crippen LogP contribution in [0, 0.1) is 30.9 Å². The van der Waals surface area contributed by atoms with E-state index in [9.17, 15) is 18.7 Å². The number of aromatic amines is 1. The summed E-state index contributed by atoms with van der Waals surface area (Å²) in [5.74, 6) is -1.44. The summed E-state index contributed by atoms with van der Waals surface area (Å²) in [6.07, 6.45) is 0.861. The van der Waals surface area contributed by atoms with Crippen molar-refractivity contribution in [2.45, 2.75) is 52.6 Å². The van der Waals surface area contributed by atoms with Gasteiger partial charge in [0, 0.05) is 42.0 Å². The fourth-order valence-electron chi connectivity index (χ4n) is 4.78. The average molecular weight is 504 g/mol. The first-order chi connectivity index (χ1) is 16.6. The lowest BCUT2D eigenvalue weighted by Gasteiger charge is -2.43. The molecule has 0 radical (unpaired) electrons. The minimum atomic E-state index is -1.07. The van der Waals surface area contributed by atoms with Crippen molar-refractivity contribution in [2.24, 2.45) is 5.41 Å². The Morgan fingerprint density at radius 1 is 1.31 bits per heavy atom. The molecule has 1 saturated heterocycles. The van der Waals surface area contributed by atoms with Crippen LogP contribution in [0.3, 0.4) is 0 Å². The number of H-pyrrole nitrogens is 1. The van der Waals surface area contributed by atoms with Gasteiger partial charge in [-0.1, -0.05) is 23.7 Å². The second kappa shape index (κ2) is 9.91. The van der Waals surface area contributed by atoms with Crippen LogP contribution < -0.4 is 5.32 Å². The van der Waals surface area contributed by atoms with Crippen LogP contribution in [0.1, 0.15) is 42.3 Å². The quantitative estimate of drug-likeness (QED) is 0.400. The zero-order valence-corrected chi connectivity index (χ0v) is 20.6. The molecule has 35 heavy (non-hydrogen) atoms. The number of aliphatic carboxylic acids is 1. The maximum Gasteiger partial charge on any atom is 0.310 e. The van der Waals surface area contributed by atoms with Gasteiger partial charge in [0.15, 0.2) is 17.5 Å². The molecule has 3 N–H and O–H groups in total. The van der Waals surface area contributed by atoms with Crippen molar-refractivity contribution in [1.82, 2.24) is 20.1 Å². The van der Waals surface area contributed by atoms with Crippen LogP contribution in [0.5, 0.6) is 0 Å². The van der Waals surface area contributed by atoms with E-state index in [2.05, 4.69) is 25.4 Å². The molecule has 7 nitrogen and oxygen atoms in total. The summed E-state index contributed by atoms with van der Waals surface area (Å²) in [5, 5.41) is 20.0. The number of aryl methyl sites for hydroxylation is 2. The van der Waals surface area contributed by atoms with E-state index in [0.29, 0.717) is 48.6 Å². The average Bonchev–Trinajstić information content (AvgIpc) is 3.21. The maximum absolute atomic E-state index is 14.8. The predicted octanol–water partition coefficient (Wildman–Crippen LogP) is 5.39. The summed E-state index contributed by atoms with van der Waals surface area (Å²) in [6.45, 7) is 6.20. The molecule has 186 valence electrons. The molecule has 1 fully saturated rings. The van der Waals surface area contributed by atoms with E-state index in [1.165, 1.54) is 6.07 Å². The Bertz CT molecular complexity index is 1250. The molecule has 1 aliphatic rings. The molecule has 0 spiro atoms. The number of rotatable bonds is 7. The van der Waals surface area contributed by atoms with Crippen molar-refractivity contribution in [3.63, 3.8) is 0 Å². The number of aromatic nitrogens is 3. The van der Waals surface area contributed by atoms with Crippen LogP contribution >= 0.6 is 11.6 Å². The van der Waals surface area contributed by atoms with Gasteiger partial charge in [0.2, 0.25) is 0 Å². The summed E-state index contributed by atoms with van der Waals surface area (Å²) in [7, 11) is 0. The molecule has 0 bridgehead atoms. The van der Waals surface area contributed by atoms with Crippen molar-refractivity contribution in [3.8, 4) is 0 Å². The summed E-state index contributed by atoms with van der Waals surface area (Å²) in [5.41, 5.74) is 1.08. The molecule has 10 heteroatoms. The Balaban J connectivity index is 1.54. The molecule has 2 unspecified atom stereocenters. The third kappa shape index (κ3) is 5.31. The summed E-state index contributed by atoms with van der Waals surface area (Å²) in [4.78, 5) is 19.0. The lowest BCUT2D eigenvalue weighted by atomic mass is 9.72. The highest BCUT2D eigenvalue weighted by molar-refractivity contribution is 6.30. The molecule has 0 amide bonds. The molecule has 4 rings (SSSR count). The number of carboxylic acid groups (broad SMARTS) is 1. The van der Waals surface area contributed by atoms with Gasteiger partial charge in [-0.2, -0.15) is 5.10 Å². The number of likely N-dealkylation sites (tertiary alicyclic amines) is 1. The molecular formula is C25H28ClF2N5O2. The first-order valence-electron chi connectivity index (χ1n) is 11.4. The van der Waals surface area contributed by atoms with Crippen molar-refractivity contribution < 1.29 is 18.7 Å². The van der Waals surface area contributed by atoms with Crippen LogP contribution in [0.25, 0.3) is 0 Å². The minimum absolute atomic E-state index is 0.00829. The molecule has 2 aromatic heterocycles. The SMILES string of the molecule is Cc1cc(Nc2nc(CC3(C(=O)O)CCN(Cc4cccc(Cl)c4F)C(C)C3)cc(C)c2F)n[nH]1. The third-order valence-corrected chi connectivity index (χ3v) is 7.00. The third-order valence-electron chi connectivity index (χ3n) is 6.71. The van der Waals surface area contributed by atoms with Gasteiger partial charge in [-0.15, -0.1) is 0 Å². The first-order valence-corrected chi connectivity index (χ1v) is 11.8. The number of nitrogens with one attached hydrogen (secondary N) is 2. The van der Waals surface area contributed by atoms with Crippen LogP contribution in [-0.4, -0.2) is 43.7 Å². The smallest absolute Gasteiger partial charge is 0.310 e. The van der Waals surface area contributed by atoms with E-state index in [4.69, 9.17) is 11.6 Å². The number of pyridine rings is 1. The molecule has 1 aromatic carbocycles. The Labute approximate surface area is 207 Å². The number of halogens is 3. The van der Waals surface area contributed by atoms with E-state index in [1.807, 2.05) is 13.8 Å². The molecule has 0 saturated carbocycles. The number of hydrogen-bond acceptors (Lipinski definition) is 5. The fourth-order valence-corrected chi connectivity index (χ4v) is 4.97. The number of carbonyl (C=O) groups is 1. The zero-order valence-electron chi connectivity index (χ0n) is 19.8. The number of nitrogens with zero attached hydrogens (tertiary/aromatic N) is 3. The normalized spacial score (nSPS) is 20.7. The predicted molar refractivity (Wildman–Crippen MR) is 130 cm³/mol. The lowest BCUT2D eigenvalue weighted by Crippen LogP contribution is -2.49. The molecule has 2 atom stereocenters. The van der Waals surface area contributed by atoms with Gasteiger partial charge >= 0.3 is 5.97 Å². The molecular weight excluding hydrogens is 476 g/mol. The van der Waals surface area contributed by atoms with Crippen molar-refractivity contribution >= 4 is 29.2 Å². The van der Waals surface area contributed by atoms with E-state index in [0.717, 1.165) is 5.69 Å². The zero-order chi connectivity index (χ0) is 25.3. The highest BCUT2D eigenvalue weighted by atomic mass is 35.5. The van der Waals surface area contributed by atoms with Gasteiger partial charge in [-0.25, -0.2) is 13.8 Å². The molecule has 3 heterocycles.